The maximum atomic E-state index is 12.8. The predicted octanol–water partition coefficient (Wildman–Crippen LogP) is 0.483. The van der Waals surface area contributed by atoms with Crippen LogP contribution in [-0.4, -0.2) is 64.1 Å². The molecule has 2 saturated carbocycles. The molecule has 0 aromatic carbocycles. The zero-order chi connectivity index (χ0) is 18.0. The van der Waals surface area contributed by atoms with Gasteiger partial charge in [0, 0.05) is 19.5 Å². The Bertz CT molecular complexity index is 453. The molecule has 6 atom stereocenters. The van der Waals surface area contributed by atoms with E-state index in [4.69, 9.17) is 5.73 Å². The molecule has 3 rings (SSSR count). The van der Waals surface area contributed by atoms with Gasteiger partial charge in [0.1, 0.15) is 0 Å². The second kappa shape index (κ2) is 8.33. The topological polar surface area (TPSA) is 107 Å². The van der Waals surface area contributed by atoms with Gasteiger partial charge in [-0.2, -0.15) is 0 Å². The van der Waals surface area contributed by atoms with Crippen LogP contribution in [0.25, 0.3) is 0 Å². The fourth-order valence-corrected chi connectivity index (χ4v) is 5.21. The van der Waals surface area contributed by atoms with E-state index in [0.29, 0.717) is 11.8 Å². The molecule has 0 spiro atoms. The van der Waals surface area contributed by atoms with Crippen molar-refractivity contribution in [3.8, 4) is 0 Å². The lowest BCUT2D eigenvalue weighted by atomic mass is 9.72. The summed E-state index contributed by atoms with van der Waals surface area (Å²) in [5.74, 6) is 1.47. The van der Waals surface area contributed by atoms with Crippen LogP contribution in [0, 0.1) is 23.7 Å². The number of amides is 1. The molecule has 3 fully saturated rings. The van der Waals surface area contributed by atoms with E-state index in [1.807, 2.05) is 4.90 Å². The molecular weight excluding hydrogens is 320 g/mol. The smallest absolute Gasteiger partial charge is 0.228 e. The first kappa shape index (κ1) is 19.1. The summed E-state index contributed by atoms with van der Waals surface area (Å²) >= 11 is 0. The standard InChI is InChI=1S/C19H34N2O4/c20-11-12-2-1-3-14(8-12)13-4-6-21(7-5-13)19(25)15-9-17(23)18(24)10-16(15)22/h12-18,22-24H,1-11,20H2. The first-order valence-electron chi connectivity index (χ1n) is 10.0. The van der Waals surface area contributed by atoms with Crippen LogP contribution in [-0.2, 0) is 4.79 Å². The lowest BCUT2D eigenvalue weighted by Crippen LogP contribution is -2.51. The SMILES string of the molecule is NCC1CCCC(C2CCN(C(=O)C3CC(O)C(O)CC3O)CC2)C1. The van der Waals surface area contributed by atoms with Gasteiger partial charge in [0.15, 0.2) is 0 Å². The van der Waals surface area contributed by atoms with Gasteiger partial charge < -0.3 is 26.0 Å². The second-order valence-electron chi connectivity index (χ2n) is 8.47. The van der Waals surface area contributed by atoms with E-state index >= 15 is 0 Å². The first-order chi connectivity index (χ1) is 12.0. The van der Waals surface area contributed by atoms with Crippen molar-refractivity contribution in [3.63, 3.8) is 0 Å². The maximum absolute atomic E-state index is 12.8. The van der Waals surface area contributed by atoms with E-state index in [-0.39, 0.29) is 18.7 Å². The maximum Gasteiger partial charge on any atom is 0.228 e. The molecule has 25 heavy (non-hydrogen) atoms. The normalized spacial score (nSPS) is 40.9. The number of aliphatic hydroxyl groups excluding tert-OH is 3. The van der Waals surface area contributed by atoms with Crippen molar-refractivity contribution in [3.05, 3.63) is 0 Å². The van der Waals surface area contributed by atoms with Gasteiger partial charge in [-0.15, -0.1) is 0 Å². The van der Waals surface area contributed by atoms with Gasteiger partial charge in [-0.25, -0.2) is 0 Å². The summed E-state index contributed by atoms with van der Waals surface area (Å²) in [6.45, 7) is 2.28. The summed E-state index contributed by atoms with van der Waals surface area (Å²) in [6.07, 6.45) is 4.67. The van der Waals surface area contributed by atoms with Crippen molar-refractivity contribution in [2.75, 3.05) is 19.6 Å². The minimum Gasteiger partial charge on any atom is -0.392 e. The van der Waals surface area contributed by atoms with E-state index in [9.17, 15) is 20.1 Å². The largest absolute Gasteiger partial charge is 0.392 e. The monoisotopic (exact) mass is 354 g/mol. The van der Waals surface area contributed by atoms with Gasteiger partial charge >= 0.3 is 0 Å². The number of carbonyl (C=O) groups is 1. The molecule has 1 heterocycles. The zero-order valence-electron chi connectivity index (χ0n) is 15.1. The molecule has 6 unspecified atom stereocenters. The van der Waals surface area contributed by atoms with E-state index in [1.165, 1.54) is 25.7 Å². The van der Waals surface area contributed by atoms with Gasteiger partial charge in [-0.1, -0.05) is 12.8 Å². The van der Waals surface area contributed by atoms with Crippen molar-refractivity contribution in [1.82, 2.24) is 4.90 Å². The average Bonchev–Trinajstić information content (AvgIpc) is 2.64. The quantitative estimate of drug-likeness (QED) is 0.590. The molecule has 0 aromatic heterocycles. The fourth-order valence-electron chi connectivity index (χ4n) is 5.21. The van der Waals surface area contributed by atoms with Crippen molar-refractivity contribution in [2.24, 2.45) is 29.4 Å². The second-order valence-corrected chi connectivity index (χ2v) is 8.47. The molecule has 0 radical (unpaired) electrons. The highest BCUT2D eigenvalue weighted by Crippen LogP contribution is 2.38. The van der Waals surface area contributed by atoms with Crippen LogP contribution < -0.4 is 5.73 Å². The number of likely N-dealkylation sites (tertiary alicyclic amines) is 1. The number of aliphatic hydroxyl groups is 3. The summed E-state index contributed by atoms with van der Waals surface area (Å²) in [7, 11) is 0. The fraction of sp³-hybridized carbons (Fsp3) is 0.947. The lowest BCUT2D eigenvalue weighted by molar-refractivity contribution is -0.150. The third-order valence-corrected chi connectivity index (χ3v) is 6.88. The highest BCUT2D eigenvalue weighted by molar-refractivity contribution is 5.79. The van der Waals surface area contributed by atoms with E-state index in [1.54, 1.807) is 0 Å². The summed E-state index contributed by atoms with van der Waals surface area (Å²) < 4.78 is 0. The molecular formula is C19H34N2O4. The van der Waals surface area contributed by atoms with Crippen LogP contribution in [0.5, 0.6) is 0 Å². The Morgan fingerprint density at radius 2 is 1.56 bits per heavy atom. The minimum atomic E-state index is -0.924. The van der Waals surface area contributed by atoms with E-state index < -0.39 is 24.2 Å². The number of piperidine rings is 1. The Balaban J connectivity index is 1.51. The van der Waals surface area contributed by atoms with Crippen LogP contribution in [0.4, 0.5) is 0 Å². The predicted molar refractivity (Wildman–Crippen MR) is 94.6 cm³/mol. The van der Waals surface area contributed by atoms with Gasteiger partial charge in [-0.05, 0) is 56.4 Å². The number of hydrogen-bond acceptors (Lipinski definition) is 5. The van der Waals surface area contributed by atoms with Crippen molar-refractivity contribution >= 4 is 5.91 Å². The molecule has 2 aliphatic carbocycles. The Hall–Kier alpha value is -0.690. The third-order valence-electron chi connectivity index (χ3n) is 6.88. The number of carbonyl (C=O) groups excluding carboxylic acids is 1. The van der Waals surface area contributed by atoms with Crippen LogP contribution in [0.3, 0.4) is 0 Å². The van der Waals surface area contributed by atoms with Gasteiger partial charge in [0.25, 0.3) is 0 Å². The van der Waals surface area contributed by atoms with Crippen molar-refractivity contribution < 1.29 is 20.1 Å². The van der Waals surface area contributed by atoms with Crippen LogP contribution in [0.15, 0.2) is 0 Å². The number of nitrogens with two attached hydrogens (primary N) is 1. The Morgan fingerprint density at radius 3 is 2.24 bits per heavy atom. The van der Waals surface area contributed by atoms with Crippen LogP contribution in [0.2, 0.25) is 0 Å². The zero-order valence-corrected chi connectivity index (χ0v) is 15.1. The number of rotatable bonds is 3. The Labute approximate surface area is 150 Å². The molecule has 0 aromatic rings. The molecule has 1 amide bonds. The molecule has 6 nitrogen and oxygen atoms in total. The first-order valence-corrected chi connectivity index (χ1v) is 10.0. The minimum absolute atomic E-state index is 0.0552. The molecule has 0 bridgehead atoms. The van der Waals surface area contributed by atoms with Crippen LogP contribution in [0.1, 0.15) is 51.4 Å². The highest BCUT2D eigenvalue weighted by Gasteiger charge is 2.41. The van der Waals surface area contributed by atoms with Gasteiger partial charge in [0.05, 0.1) is 24.2 Å². The molecule has 1 saturated heterocycles. The summed E-state index contributed by atoms with van der Waals surface area (Å²) in [5, 5.41) is 29.6. The van der Waals surface area contributed by atoms with Gasteiger partial charge in [0.2, 0.25) is 5.91 Å². The molecule has 1 aliphatic heterocycles. The Kier molecular flexibility index (Phi) is 6.36. The third kappa shape index (κ3) is 4.35. The summed E-state index contributed by atoms with van der Waals surface area (Å²) in [5.41, 5.74) is 5.86. The van der Waals surface area contributed by atoms with E-state index in [2.05, 4.69) is 0 Å². The molecule has 6 heteroatoms. The van der Waals surface area contributed by atoms with Gasteiger partial charge in [-0.3, -0.25) is 4.79 Å². The molecule has 144 valence electrons. The molecule has 3 aliphatic rings. The number of hydrogen-bond donors (Lipinski definition) is 4. The molecule has 5 N–H and O–H groups in total. The van der Waals surface area contributed by atoms with Crippen molar-refractivity contribution in [1.29, 1.82) is 0 Å². The van der Waals surface area contributed by atoms with Crippen LogP contribution >= 0.6 is 0 Å². The lowest BCUT2D eigenvalue weighted by Gasteiger charge is -2.42. The summed E-state index contributed by atoms with van der Waals surface area (Å²) in [6, 6.07) is 0. The average molecular weight is 354 g/mol. The number of nitrogens with zero attached hydrogens (tertiary/aromatic N) is 1. The Morgan fingerprint density at radius 1 is 0.880 bits per heavy atom. The highest BCUT2D eigenvalue weighted by atomic mass is 16.3. The van der Waals surface area contributed by atoms with E-state index in [0.717, 1.165) is 38.4 Å². The summed E-state index contributed by atoms with van der Waals surface area (Å²) in [4.78, 5) is 14.6. The van der Waals surface area contributed by atoms with Crippen molar-refractivity contribution in [2.45, 2.75) is 69.7 Å².